The summed E-state index contributed by atoms with van der Waals surface area (Å²) >= 11 is 0. The molecule has 3 amide bonds. The highest BCUT2D eigenvalue weighted by atomic mass is 31.2. The van der Waals surface area contributed by atoms with Gasteiger partial charge in [0, 0.05) is 43.9 Å². The van der Waals surface area contributed by atoms with Crippen LogP contribution in [0.2, 0.25) is 0 Å². The second-order valence-corrected chi connectivity index (χ2v) is 10.3. The van der Waals surface area contributed by atoms with E-state index in [2.05, 4.69) is 20.6 Å². The minimum Gasteiger partial charge on any atom is -0.465 e. The Hall–Kier alpha value is -3.54. The second kappa shape index (κ2) is 11.5. The Labute approximate surface area is 207 Å². The zero-order valence-electron chi connectivity index (χ0n) is 19.9. The standard InChI is InChI=1S/C22H29N6O7P/c1-14(2)23-18-12-16(24-19(26-18)15-6-4-3-5-7-15)20(29)25-17(13-36(33,34)35)21(30)27-8-10-28(11-9-27)22(31)32/h3-7,12,14,17H,8-11,13H2,1-2H3,(H,25,29)(H,31,32)(H,23,24,26)(H2,33,34,35)/t17-/m0/s1. The Kier molecular flexibility index (Phi) is 8.62. The first kappa shape index (κ1) is 27.1. The number of carbonyl (C=O) groups is 3. The third kappa shape index (κ3) is 7.48. The second-order valence-electron chi connectivity index (χ2n) is 8.60. The lowest BCUT2D eigenvalue weighted by Crippen LogP contribution is -2.56. The number of aromatic nitrogens is 2. The highest BCUT2D eigenvalue weighted by molar-refractivity contribution is 7.51. The summed E-state index contributed by atoms with van der Waals surface area (Å²) in [5.41, 5.74) is 0.560. The van der Waals surface area contributed by atoms with Crippen LogP contribution in [0.3, 0.4) is 0 Å². The quantitative estimate of drug-likeness (QED) is 0.315. The van der Waals surface area contributed by atoms with Gasteiger partial charge in [-0.15, -0.1) is 0 Å². The average Bonchev–Trinajstić information content (AvgIpc) is 2.82. The maximum absolute atomic E-state index is 13.2. The van der Waals surface area contributed by atoms with Crippen LogP contribution in [-0.2, 0) is 9.36 Å². The van der Waals surface area contributed by atoms with Gasteiger partial charge in [0.15, 0.2) is 5.82 Å². The first-order valence-electron chi connectivity index (χ1n) is 11.3. The molecule has 1 atom stereocenters. The summed E-state index contributed by atoms with van der Waals surface area (Å²) in [5.74, 6) is -0.896. The Morgan fingerprint density at radius 2 is 1.64 bits per heavy atom. The third-order valence-electron chi connectivity index (χ3n) is 5.31. The van der Waals surface area contributed by atoms with Gasteiger partial charge in [-0.2, -0.15) is 0 Å². The van der Waals surface area contributed by atoms with E-state index in [0.29, 0.717) is 11.4 Å². The van der Waals surface area contributed by atoms with E-state index < -0.39 is 37.7 Å². The number of carbonyl (C=O) groups excluding carboxylic acids is 2. The number of nitrogens with zero attached hydrogens (tertiary/aromatic N) is 4. The summed E-state index contributed by atoms with van der Waals surface area (Å²) in [6.45, 7) is 3.95. The van der Waals surface area contributed by atoms with Crippen LogP contribution < -0.4 is 10.6 Å². The molecule has 0 radical (unpaired) electrons. The normalized spacial score (nSPS) is 14.9. The monoisotopic (exact) mass is 520 g/mol. The maximum Gasteiger partial charge on any atom is 0.407 e. The van der Waals surface area contributed by atoms with Crippen LogP contribution in [0.1, 0.15) is 24.3 Å². The molecular weight excluding hydrogens is 491 g/mol. The van der Waals surface area contributed by atoms with Gasteiger partial charge in [-0.05, 0) is 13.8 Å². The van der Waals surface area contributed by atoms with Crippen LogP contribution in [0, 0.1) is 0 Å². The number of rotatable bonds is 8. The molecule has 3 rings (SSSR count). The lowest BCUT2D eigenvalue weighted by Gasteiger charge is -2.35. The summed E-state index contributed by atoms with van der Waals surface area (Å²) in [7, 11) is -4.70. The van der Waals surface area contributed by atoms with E-state index in [1.54, 1.807) is 24.3 Å². The van der Waals surface area contributed by atoms with Crippen LogP contribution in [-0.4, -0.2) is 97.0 Å². The maximum atomic E-state index is 13.2. The molecule has 2 heterocycles. The summed E-state index contributed by atoms with van der Waals surface area (Å²) in [6.07, 6.45) is -2.03. The lowest BCUT2D eigenvalue weighted by atomic mass is 10.2. The molecule has 1 aliphatic heterocycles. The molecule has 13 nitrogen and oxygen atoms in total. The van der Waals surface area contributed by atoms with E-state index in [1.807, 2.05) is 19.9 Å². The van der Waals surface area contributed by atoms with Crippen LogP contribution in [0.4, 0.5) is 10.6 Å². The molecule has 1 aliphatic rings. The predicted octanol–water partition coefficient (Wildman–Crippen LogP) is 1.06. The van der Waals surface area contributed by atoms with Crippen LogP contribution in [0.5, 0.6) is 0 Å². The van der Waals surface area contributed by atoms with Crippen LogP contribution in [0.25, 0.3) is 11.4 Å². The first-order chi connectivity index (χ1) is 16.9. The van der Waals surface area contributed by atoms with E-state index in [-0.39, 0.29) is 43.7 Å². The zero-order chi connectivity index (χ0) is 26.5. The number of hydrogen-bond acceptors (Lipinski definition) is 7. The number of anilines is 1. The summed E-state index contributed by atoms with van der Waals surface area (Å²) < 4.78 is 11.8. The van der Waals surface area contributed by atoms with Crippen molar-refractivity contribution in [2.45, 2.75) is 25.9 Å². The van der Waals surface area contributed by atoms with Crippen molar-refractivity contribution in [2.24, 2.45) is 0 Å². The van der Waals surface area contributed by atoms with Crippen LogP contribution in [0.15, 0.2) is 36.4 Å². The van der Waals surface area contributed by atoms with Gasteiger partial charge in [0.25, 0.3) is 5.91 Å². The van der Waals surface area contributed by atoms with Crippen molar-refractivity contribution in [1.29, 1.82) is 0 Å². The minimum atomic E-state index is -4.70. The van der Waals surface area contributed by atoms with Gasteiger partial charge in [0.05, 0.1) is 6.16 Å². The van der Waals surface area contributed by atoms with E-state index in [1.165, 1.54) is 11.0 Å². The first-order valence-corrected chi connectivity index (χ1v) is 13.1. The minimum absolute atomic E-state index is 0.00659. The Morgan fingerprint density at radius 3 is 2.19 bits per heavy atom. The molecule has 36 heavy (non-hydrogen) atoms. The van der Waals surface area contributed by atoms with Crippen molar-refractivity contribution in [3.63, 3.8) is 0 Å². The van der Waals surface area contributed by atoms with Gasteiger partial charge in [0.2, 0.25) is 5.91 Å². The number of carboxylic acid groups (broad SMARTS) is 1. The Bertz CT molecular complexity index is 1150. The van der Waals surface area contributed by atoms with Gasteiger partial charge in [-0.3, -0.25) is 14.2 Å². The molecule has 0 spiro atoms. The summed E-state index contributed by atoms with van der Waals surface area (Å²) in [5, 5.41) is 14.6. The van der Waals surface area contributed by atoms with Crippen molar-refractivity contribution in [2.75, 3.05) is 37.7 Å². The molecule has 0 aliphatic carbocycles. The molecule has 1 saturated heterocycles. The van der Waals surface area contributed by atoms with E-state index in [4.69, 9.17) is 5.11 Å². The van der Waals surface area contributed by atoms with Crippen molar-refractivity contribution in [3.8, 4) is 11.4 Å². The van der Waals surface area contributed by atoms with E-state index >= 15 is 0 Å². The Morgan fingerprint density at radius 1 is 1.03 bits per heavy atom. The fraction of sp³-hybridized carbons (Fsp3) is 0.409. The van der Waals surface area contributed by atoms with Crippen molar-refractivity contribution in [3.05, 3.63) is 42.1 Å². The van der Waals surface area contributed by atoms with Crippen molar-refractivity contribution in [1.82, 2.24) is 25.1 Å². The third-order valence-corrected chi connectivity index (χ3v) is 6.15. The number of benzene rings is 1. The molecule has 0 unspecified atom stereocenters. The highest BCUT2D eigenvalue weighted by Gasteiger charge is 2.34. The fourth-order valence-electron chi connectivity index (χ4n) is 3.64. The predicted molar refractivity (Wildman–Crippen MR) is 131 cm³/mol. The SMILES string of the molecule is CC(C)Nc1cc(C(=O)N[C@@H](CP(=O)(O)O)C(=O)N2CCN(C(=O)O)CC2)nc(-c2ccccc2)n1. The molecule has 1 aromatic heterocycles. The van der Waals surface area contributed by atoms with Gasteiger partial charge >= 0.3 is 13.7 Å². The molecule has 194 valence electrons. The molecule has 1 aromatic carbocycles. The molecule has 0 saturated carbocycles. The van der Waals surface area contributed by atoms with Gasteiger partial charge in [-0.1, -0.05) is 30.3 Å². The molecule has 5 N–H and O–H groups in total. The van der Waals surface area contributed by atoms with Gasteiger partial charge in [-0.25, -0.2) is 14.8 Å². The molecule has 2 aromatic rings. The van der Waals surface area contributed by atoms with E-state index in [9.17, 15) is 28.7 Å². The largest absolute Gasteiger partial charge is 0.465 e. The number of piperazine rings is 1. The zero-order valence-corrected chi connectivity index (χ0v) is 20.8. The molecule has 0 bridgehead atoms. The number of amides is 3. The molecule has 14 heteroatoms. The van der Waals surface area contributed by atoms with Gasteiger partial charge in [0.1, 0.15) is 17.6 Å². The topological polar surface area (TPSA) is 185 Å². The van der Waals surface area contributed by atoms with E-state index in [0.717, 1.165) is 4.90 Å². The summed E-state index contributed by atoms with van der Waals surface area (Å²) in [6, 6.07) is 8.80. The lowest BCUT2D eigenvalue weighted by molar-refractivity contribution is -0.134. The average molecular weight is 520 g/mol. The summed E-state index contributed by atoms with van der Waals surface area (Å²) in [4.78, 5) is 67.6. The molecule has 1 fully saturated rings. The van der Waals surface area contributed by atoms with Crippen molar-refractivity contribution >= 4 is 31.3 Å². The van der Waals surface area contributed by atoms with Gasteiger partial charge < -0.3 is 35.3 Å². The van der Waals surface area contributed by atoms with Crippen LogP contribution >= 0.6 is 7.60 Å². The number of hydrogen-bond donors (Lipinski definition) is 5. The fourth-order valence-corrected chi connectivity index (χ4v) is 4.37. The molecular formula is C22H29N6O7P. The Balaban J connectivity index is 1.86. The highest BCUT2D eigenvalue weighted by Crippen LogP contribution is 2.35. The smallest absolute Gasteiger partial charge is 0.407 e. The number of nitrogens with one attached hydrogen (secondary N) is 2. The van der Waals surface area contributed by atoms with Crippen molar-refractivity contribution < 1.29 is 33.8 Å².